The highest BCUT2D eigenvalue weighted by atomic mass is 16.5. The van der Waals surface area contributed by atoms with Gasteiger partial charge in [0.15, 0.2) is 0 Å². The van der Waals surface area contributed by atoms with Crippen molar-refractivity contribution in [2.75, 3.05) is 0 Å². The standard InChI is InChI=1S/C18H21N3O2/c1-12-8-14-9-13(5-6-17(14)23-12)11-21-18(22)16(19)10-15-4-2-3-7-20-15/h2-7,9,12,16H,8,10-11,19H2,1H3,(H,21,22)/t12?,16-/m1/s1. The molecule has 0 spiro atoms. The first-order valence-corrected chi connectivity index (χ1v) is 7.83. The second kappa shape index (κ2) is 6.79. The number of nitrogens with two attached hydrogens (primary N) is 1. The van der Waals surface area contributed by atoms with E-state index >= 15 is 0 Å². The zero-order valence-electron chi connectivity index (χ0n) is 13.2. The molecule has 0 fully saturated rings. The van der Waals surface area contributed by atoms with Gasteiger partial charge in [-0.15, -0.1) is 0 Å². The van der Waals surface area contributed by atoms with Crippen LogP contribution in [0.2, 0.25) is 0 Å². The van der Waals surface area contributed by atoms with E-state index in [1.165, 1.54) is 5.56 Å². The van der Waals surface area contributed by atoms with Crippen LogP contribution in [0.3, 0.4) is 0 Å². The molecule has 2 aromatic rings. The lowest BCUT2D eigenvalue weighted by molar-refractivity contribution is -0.122. The van der Waals surface area contributed by atoms with Gasteiger partial charge in [-0.25, -0.2) is 0 Å². The van der Waals surface area contributed by atoms with Crippen LogP contribution in [0.25, 0.3) is 0 Å². The molecule has 2 atom stereocenters. The number of hydrogen-bond donors (Lipinski definition) is 2. The summed E-state index contributed by atoms with van der Waals surface area (Å²) in [7, 11) is 0. The van der Waals surface area contributed by atoms with Crippen molar-refractivity contribution in [2.45, 2.75) is 38.5 Å². The van der Waals surface area contributed by atoms with E-state index in [1.807, 2.05) is 30.3 Å². The van der Waals surface area contributed by atoms with Crippen LogP contribution >= 0.6 is 0 Å². The lowest BCUT2D eigenvalue weighted by Gasteiger charge is -2.12. The second-order valence-corrected chi connectivity index (χ2v) is 5.92. The van der Waals surface area contributed by atoms with Crippen LogP contribution in [0.5, 0.6) is 5.75 Å². The molecule has 1 unspecified atom stereocenters. The monoisotopic (exact) mass is 311 g/mol. The van der Waals surface area contributed by atoms with E-state index in [-0.39, 0.29) is 12.0 Å². The molecular weight excluding hydrogens is 290 g/mol. The maximum atomic E-state index is 12.1. The Bertz CT molecular complexity index is 688. The van der Waals surface area contributed by atoms with E-state index < -0.39 is 6.04 Å². The summed E-state index contributed by atoms with van der Waals surface area (Å²) in [5.41, 5.74) is 9.02. The van der Waals surface area contributed by atoms with E-state index in [1.54, 1.807) is 6.20 Å². The minimum absolute atomic E-state index is 0.166. The van der Waals surface area contributed by atoms with Crippen LogP contribution in [0.1, 0.15) is 23.7 Å². The van der Waals surface area contributed by atoms with Crippen LogP contribution in [0.15, 0.2) is 42.6 Å². The van der Waals surface area contributed by atoms with E-state index in [4.69, 9.17) is 10.5 Å². The summed E-state index contributed by atoms with van der Waals surface area (Å²) in [6.45, 7) is 2.52. The molecule has 1 aromatic heterocycles. The molecule has 1 amide bonds. The summed E-state index contributed by atoms with van der Waals surface area (Å²) in [5.74, 6) is 0.778. The van der Waals surface area contributed by atoms with Crippen molar-refractivity contribution in [3.63, 3.8) is 0 Å². The third-order valence-electron chi connectivity index (χ3n) is 3.92. The van der Waals surface area contributed by atoms with Gasteiger partial charge in [-0.2, -0.15) is 0 Å². The lowest BCUT2D eigenvalue weighted by atomic mass is 10.1. The minimum Gasteiger partial charge on any atom is -0.490 e. The normalized spacial score (nSPS) is 17.2. The predicted molar refractivity (Wildman–Crippen MR) is 88.0 cm³/mol. The largest absolute Gasteiger partial charge is 0.490 e. The molecule has 0 saturated carbocycles. The Hall–Kier alpha value is -2.40. The summed E-state index contributed by atoms with van der Waals surface area (Å²) in [6.07, 6.45) is 3.27. The van der Waals surface area contributed by atoms with E-state index in [2.05, 4.69) is 23.3 Å². The van der Waals surface area contributed by atoms with Gasteiger partial charge < -0.3 is 15.8 Å². The summed E-state index contributed by atoms with van der Waals surface area (Å²) in [5, 5.41) is 2.89. The van der Waals surface area contributed by atoms with Gasteiger partial charge in [0.05, 0.1) is 6.04 Å². The Morgan fingerprint density at radius 2 is 2.30 bits per heavy atom. The summed E-state index contributed by atoms with van der Waals surface area (Å²) < 4.78 is 5.68. The molecule has 5 nitrogen and oxygen atoms in total. The fourth-order valence-electron chi connectivity index (χ4n) is 2.74. The molecule has 0 saturated heterocycles. The predicted octanol–water partition coefficient (Wildman–Crippen LogP) is 1.59. The Balaban J connectivity index is 1.54. The third kappa shape index (κ3) is 3.87. The Labute approximate surface area is 135 Å². The summed E-state index contributed by atoms with van der Waals surface area (Å²) in [6, 6.07) is 11.0. The maximum absolute atomic E-state index is 12.1. The van der Waals surface area contributed by atoms with Gasteiger partial charge in [-0.1, -0.05) is 18.2 Å². The Morgan fingerprint density at radius 1 is 1.43 bits per heavy atom. The number of nitrogens with zero attached hydrogens (tertiary/aromatic N) is 1. The van der Waals surface area contributed by atoms with E-state index in [9.17, 15) is 4.79 Å². The number of nitrogens with one attached hydrogen (secondary N) is 1. The van der Waals surface area contributed by atoms with Gasteiger partial charge in [0.1, 0.15) is 11.9 Å². The highest BCUT2D eigenvalue weighted by molar-refractivity contribution is 5.81. The molecule has 3 N–H and O–H groups in total. The Morgan fingerprint density at radius 3 is 3.09 bits per heavy atom. The minimum atomic E-state index is -0.595. The van der Waals surface area contributed by atoms with Gasteiger partial charge >= 0.3 is 0 Å². The van der Waals surface area contributed by atoms with E-state index in [0.29, 0.717) is 13.0 Å². The van der Waals surface area contributed by atoms with Gasteiger partial charge in [0, 0.05) is 31.3 Å². The molecule has 1 aliphatic heterocycles. The molecule has 1 aromatic carbocycles. The van der Waals surface area contributed by atoms with Crippen molar-refractivity contribution >= 4 is 5.91 Å². The first-order chi connectivity index (χ1) is 11.1. The fourth-order valence-corrected chi connectivity index (χ4v) is 2.74. The quantitative estimate of drug-likeness (QED) is 0.879. The molecule has 1 aliphatic rings. The smallest absolute Gasteiger partial charge is 0.237 e. The van der Waals surface area contributed by atoms with Crippen molar-refractivity contribution < 1.29 is 9.53 Å². The molecule has 0 bridgehead atoms. The van der Waals surface area contributed by atoms with Crippen LogP contribution in [0, 0.1) is 0 Å². The third-order valence-corrected chi connectivity index (χ3v) is 3.92. The zero-order valence-corrected chi connectivity index (χ0v) is 13.2. The molecular formula is C18H21N3O2. The fraction of sp³-hybridized carbons (Fsp3) is 0.333. The number of amides is 1. The number of ether oxygens (including phenoxy) is 1. The summed E-state index contributed by atoms with van der Waals surface area (Å²) >= 11 is 0. The first-order valence-electron chi connectivity index (χ1n) is 7.83. The van der Waals surface area contributed by atoms with Crippen LogP contribution in [-0.4, -0.2) is 23.0 Å². The molecule has 5 heteroatoms. The highest BCUT2D eigenvalue weighted by Gasteiger charge is 2.19. The molecule has 23 heavy (non-hydrogen) atoms. The number of hydrogen-bond acceptors (Lipinski definition) is 4. The number of benzene rings is 1. The van der Waals surface area contributed by atoms with Gasteiger partial charge in [0.2, 0.25) is 5.91 Å². The number of carbonyl (C=O) groups excluding carboxylic acids is 1. The topological polar surface area (TPSA) is 77.2 Å². The number of aromatic nitrogens is 1. The number of rotatable bonds is 5. The molecule has 0 radical (unpaired) electrons. The van der Waals surface area contributed by atoms with Crippen molar-refractivity contribution in [2.24, 2.45) is 5.73 Å². The van der Waals surface area contributed by atoms with Crippen molar-refractivity contribution in [3.05, 3.63) is 59.4 Å². The maximum Gasteiger partial charge on any atom is 0.237 e. The van der Waals surface area contributed by atoms with Crippen LogP contribution in [-0.2, 0) is 24.2 Å². The number of carbonyl (C=O) groups is 1. The number of pyridine rings is 1. The molecule has 120 valence electrons. The Kier molecular flexibility index (Phi) is 4.57. The average molecular weight is 311 g/mol. The van der Waals surface area contributed by atoms with Crippen LogP contribution < -0.4 is 15.8 Å². The van der Waals surface area contributed by atoms with Crippen molar-refractivity contribution in [3.8, 4) is 5.75 Å². The van der Waals surface area contributed by atoms with Gasteiger partial charge in [-0.3, -0.25) is 9.78 Å². The number of fused-ring (bicyclic) bond motifs is 1. The molecule has 3 rings (SSSR count). The van der Waals surface area contributed by atoms with Crippen molar-refractivity contribution in [1.82, 2.24) is 10.3 Å². The van der Waals surface area contributed by atoms with Gasteiger partial charge in [-0.05, 0) is 36.2 Å². The lowest BCUT2D eigenvalue weighted by Crippen LogP contribution is -2.41. The first kappa shape index (κ1) is 15.5. The average Bonchev–Trinajstić information content (AvgIpc) is 2.92. The molecule has 0 aliphatic carbocycles. The SMILES string of the molecule is CC1Cc2cc(CNC(=O)[C@H](N)Cc3ccccn3)ccc2O1. The molecule has 2 heterocycles. The highest BCUT2D eigenvalue weighted by Crippen LogP contribution is 2.29. The van der Waals surface area contributed by atoms with E-state index in [0.717, 1.165) is 23.4 Å². The van der Waals surface area contributed by atoms with Crippen LogP contribution in [0.4, 0.5) is 0 Å². The van der Waals surface area contributed by atoms with Gasteiger partial charge in [0.25, 0.3) is 0 Å². The second-order valence-electron chi connectivity index (χ2n) is 5.92. The zero-order chi connectivity index (χ0) is 16.2. The summed E-state index contributed by atoms with van der Waals surface area (Å²) in [4.78, 5) is 16.3. The van der Waals surface area contributed by atoms with Crippen molar-refractivity contribution in [1.29, 1.82) is 0 Å².